The smallest absolute Gasteiger partial charge is 0.240 e. The first-order valence-electron chi connectivity index (χ1n) is 8.78. The predicted octanol–water partition coefficient (Wildman–Crippen LogP) is 4.04. The number of fused-ring (bicyclic) bond motifs is 2. The van der Waals surface area contributed by atoms with Gasteiger partial charge in [-0.15, -0.1) is 0 Å². The molecule has 21 heavy (non-hydrogen) atoms. The lowest BCUT2D eigenvalue weighted by molar-refractivity contribution is -0.130. The van der Waals surface area contributed by atoms with Crippen LogP contribution >= 0.6 is 0 Å². The molecule has 2 aliphatic rings. The van der Waals surface area contributed by atoms with Crippen LogP contribution in [0, 0.1) is 34.5 Å². The van der Waals surface area contributed by atoms with Crippen LogP contribution in [0.4, 0.5) is 0 Å². The number of carbonyl (C=O) groups is 1. The van der Waals surface area contributed by atoms with Crippen LogP contribution in [-0.4, -0.2) is 11.9 Å². The summed E-state index contributed by atoms with van der Waals surface area (Å²) in [5, 5.41) is 12.8. The van der Waals surface area contributed by atoms with Gasteiger partial charge in [-0.3, -0.25) is 4.79 Å². The molecule has 0 aromatic heterocycles. The molecule has 0 aromatic carbocycles. The highest BCUT2D eigenvalue weighted by molar-refractivity contribution is 5.85. The van der Waals surface area contributed by atoms with E-state index in [0.717, 1.165) is 24.7 Å². The molecule has 2 aliphatic carbocycles. The van der Waals surface area contributed by atoms with E-state index in [4.69, 9.17) is 0 Å². The molecule has 0 saturated heterocycles. The second kappa shape index (κ2) is 6.81. The first-order chi connectivity index (χ1) is 10.1. The predicted molar refractivity (Wildman–Crippen MR) is 84.4 cm³/mol. The van der Waals surface area contributed by atoms with E-state index in [1.54, 1.807) is 0 Å². The van der Waals surface area contributed by atoms with Crippen molar-refractivity contribution in [2.24, 2.45) is 23.2 Å². The minimum atomic E-state index is -0.810. The Morgan fingerprint density at radius 1 is 1.29 bits per heavy atom. The molecule has 0 aliphatic heterocycles. The van der Waals surface area contributed by atoms with Gasteiger partial charge in [0.25, 0.3) is 0 Å². The minimum absolute atomic E-state index is 0.0241. The second-order valence-corrected chi connectivity index (χ2v) is 7.29. The van der Waals surface area contributed by atoms with E-state index in [2.05, 4.69) is 18.3 Å². The van der Waals surface area contributed by atoms with E-state index >= 15 is 0 Å². The van der Waals surface area contributed by atoms with Gasteiger partial charge in [-0.25, -0.2) is 0 Å². The molecule has 3 nitrogen and oxygen atoms in total. The van der Waals surface area contributed by atoms with Gasteiger partial charge in [0.05, 0.1) is 6.07 Å². The van der Waals surface area contributed by atoms with Gasteiger partial charge in [-0.1, -0.05) is 33.1 Å². The number of nitrogens with zero attached hydrogens (tertiary/aromatic N) is 1. The lowest BCUT2D eigenvalue weighted by Crippen LogP contribution is -2.47. The number of hydrogen-bond acceptors (Lipinski definition) is 2. The third kappa shape index (κ3) is 3.25. The maximum atomic E-state index is 12.7. The highest BCUT2D eigenvalue weighted by Gasteiger charge is 2.44. The Morgan fingerprint density at radius 2 is 1.95 bits per heavy atom. The fraction of sp³-hybridized carbons (Fsp3) is 0.889. The molecule has 0 spiro atoms. The van der Waals surface area contributed by atoms with Crippen molar-refractivity contribution in [1.29, 1.82) is 5.26 Å². The summed E-state index contributed by atoms with van der Waals surface area (Å²) in [5.74, 6) is 2.31. The van der Waals surface area contributed by atoms with E-state index in [-0.39, 0.29) is 11.9 Å². The highest BCUT2D eigenvalue weighted by atomic mass is 16.2. The number of amides is 1. The fourth-order valence-corrected chi connectivity index (χ4v) is 4.73. The fourth-order valence-electron chi connectivity index (χ4n) is 4.73. The molecule has 2 bridgehead atoms. The first kappa shape index (κ1) is 16.3. The third-order valence-corrected chi connectivity index (χ3v) is 5.80. The van der Waals surface area contributed by atoms with Gasteiger partial charge in [-0.05, 0) is 56.8 Å². The maximum absolute atomic E-state index is 12.7. The van der Waals surface area contributed by atoms with Gasteiger partial charge < -0.3 is 5.32 Å². The Balaban J connectivity index is 1.99. The Kier molecular flexibility index (Phi) is 5.30. The van der Waals surface area contributed by atoms with Crippen molar-refractivity contribution < 1.29 is 4.79 Å². The lowest BCUT2D eigenvalue weighted by atomic mass is 9.78. The van der Waals surface area contributed by atoms with Crippen LogP contribution in [0.5, 0.6) is 0 Å². The molecule has 3 heteroatoms. The SMILES string of the molecule is CCCC(C#N)(CCC)C(=O)NC(C)C1CC2CCC1C2. The molecule has 2 fully saturated rings. The summed E-state index contributed by atoms with van der Waals surface area (Å²) in [6.07, 6.45) is 8.45. The maximum Gasteiger partial charge on any atom is 0.240 e. The zero-order chi connectivity index (χ0) is 15.5. The molecule has 0 heterocycles. The molecule has 0 aromatic rings. The van der Waals surface area contributed by atoms with Crippen LogP contribution in [0.1, 0.15) is 72.1 Å². The van der Waals surface area contributed by atoms with Crippen LogP contribution in [0.25, 0.3) is 0 Å². The van der Waals surface area contributed by atoms with Crippen LogP contribution in [0.3, 0.4) is 0 Å². The van der Waals surface area contributed by atoms with Gasteiger partial charge in [0.2, 0.25) is 5.91 Å². The van der Waals surface area contributed by atoms with Crippen molar-refractivity contribution in [3.05, 3.63) is 0 Å². The Hall–Kier alpha value is -1.04. The normalized spacial score (nSPS) is 29.1. The molecule has 4 unspecified atom stereocenters. The van der Waals surface area contributed by atoms with Crippen molar-refractivity contribution >= 4 is 5.91 Å². The van der Waals surface area contributed by atoms with E-state index in [0.29, 0.717) is 18.8 Å². The van der Waals surface area contributed by atoms with Gasteiger partial charge in [0.1, 0.15) is 5.41 Å². The van der Waals surface area contributed by atoms with Gasteiger partial charge in [0, 0.05) is 6.04 Å². The Morgan fingerprint density at radius 3 is 2.38 bits per heavy atom. The van der Waals surface area contributed by atoms with Crippen molar-refractivity contribution in [2.45, 2.75) is 78.2 Å². The van der Waals surface area contributed by atoms with Gasteiger partial charge in [-0.2, -0.15) is 5.26 Å². The first-order valence-corrected chi connectivity index (χ1v) is 8.78. The average Bonchev–Trinajstić information content (AvgIpc) is 3.09. The molecule has 1 N–H and O–H groups in total. The van der Waals surface area contributed by atoms with Crippen molar-refractivity contribution in [1.82, 2.24) is 5.32 Å². The topological polar surface area (TPSA) is 52.9 Å². The molecular formula is C18H30N2O. The van der Waals surface area contributed by atoms with E-state index in [9.17, 15) is 10.1 Å². The average molecular weight is 290 g/mol. The van der Waals surface area contributed by atoms with Crippen LogP contribution < -0.4 is 5.32 Å². The number of carbonyl (C=O) groups excluding carboxylic acids is 1. The third-order valence-electron chi connectivity index (χ3n) is 5.80. The Labute approximate surface area is 129 Å². The minimum Gasteiger partial charge on any atom is -0.352 e. The molecule has 4 atom stereocenters. The largest absolute Gasteiger partial charge is 0.352 e. The molecular weight excluding hydrogens is 260 g/mol. The van der Waals surface area contributed by atoms with Crippen molar-refractivity contribution in [2.75, 3.05) is 0 Å². The zero-order valence-electron chi connectivity index (χ0n) is 13.8. The Bertz CT molecular complexity index is 406. The number of rotatable bonds is 7. The molecule has 2 rings (SSSR count). The van der Waals surface area contributed by atoms with Crippen LogP contribution in [0.15, 0.2) is 0 Å². The number of nitriles is 1. The van der Waals surface area contributed by atoms with Crippen molar-refractivity contribution in [3.63, 3.8) is 0 Å². The summed E-state index contributed by atoms with van der Waals surface area (Å²) in [6.45, 7) is 6.24. The van der Waals surface area contributed by atoms with E-state index < -0.39 is 5.41 Å². The molecule has 0 radical (unpaired) electrons. The number of hydrogen-bond donors (Lipinski definition) is 1. The second-order valence-electron chi connectivity index (χ2n) is 7.29. The molecule has 1 amide bonds. The quantitative estimate of drug-likeness (QED) is 0.769. The molecule has 2 saturated carbocycles. The zero-order valence-corrected chi connectivity index (χ0v) is 13.8. The summed E-state index contributed by atoms with van der Waals surface area (Å²) in [7, 11) is 0. The standard InChI is InChI=1S/C18H30N2O/c1-4-8-18(12-19,9-5-2)17(21)20-13(3)16-11-14-6-7-15(16)10-14/h13-16H,4-11H2,1-3H3,(H,20,21). The summed E-state index contributed by atoms with van der Waals surface area (Å²) in [6, 6.07) is 2.55. The summed E-state index contributed by atoms with van der Waals surface area (Å²) >= 11 is 0. The summed E-state index contributed by atoms with van der Waals surface area (Å²) < 4.78 is 0. The van der Waals surface area contributed by atoms with Crippen molar-refractivity contribution in [3.8, 4) is 6.07 Å². The van der Waals surface area contributed by atoms with Crippen LogP contribution in [-0.2, 0) is 4.79 Å². The van der Waals surface area contributed by atoms with E-state index in [1.807, 2.05) is 13.8 Å². The van der Waals surface area contributed by atoms with Gasteiger partial charge in [0.15, 0.2) is 0 Å². The molecule has 118 valence electrons. The highest BCUT2D eigenvalue weighted by Crippen LogP contribution is 2.49. The van der Waals surface area contributed by atoms with Gasteiger partial charge >= 0.3 is 0 Å². The summed E-state index contributed by atoms with van der Waals surface area (Å²) in [4.78, 5) is 12.7. The number of nitrogens with one attached hydrogen (secondary N) is 1. The lowest BCUT2D eigenvalue weighted by Gasteiger charge is -2.32. The summed E-state index contributed by atoms with van der Waals surface area (Å²) in [5.41, 5.74) is -0.810. The monoisotopic (exact) mass is 290 g/mol. The van der Waals surface area contributed by atoms with E-state index in [1.165, 1.54) is 25.7 Å². The van der Waals surface area contributed by atoms with Crippen LogP contribution in [0.2, 0.25) is 0 Å².